The molecule has 0 aromatic carbocycles. The second kappa shape index (κ2) is 4.03. The van der Waals surface area contributed by atoms with Crippen molar-refractivity contribution in [3.63, 3.8) is 0 Å². The van der Waals surface area contributed by atoms with E-state index in [1.54, 1.807) is 0 Å². The predicted octanol–water partition coefficient (Wildman–Crippen LogP) is 1.45. The smallest absolute Gasteiger partial charge is 0.0123 e. The van der Waals surface area contributed by atoms with Gasteiger partial charge in [0, 0.05) is 24.1 Å². The molecular weight excluding hydrogens is 275 g/mol. The summed E-state index contributed by atoms with van der Waals surface area (Å²) in [6.07, 6.45) is 2.87. The number of hydrogen-bond donors (Lipinski definition) is 0. The van der Waals surface area contributed by atoms with E-state index in [-0.39, 0.29) is 0 Å². The summed E-state index contributed by atoms with van der Waals surface area (Å²) in [4.78, 5) is 5.14. The average Bonchev–Trinajstić information content (AvgIpc) is 2.62. The van der Waals surface area contributed by atoms with Crippen LogP contribution in [0, 0.1) is 5.41 Å². The molecule has 0 aliphatic carbocycles. The van der Waals surface area contributed by atoms with Crippen LogP contribution in [0.4, 0.5) is 0 Å². The van der Waals surface area contributed by atoms with Crippen LogP contribution in [0.1, 0.15) is 12.8 Å². The number of nitrogens with zero attached hydrogens (tertiary/aromatic N) is 2. The molecule has 3 heteroatoms. The third-order valence-electron chi connectivity index (χ3n) is 3.55. The van der Waals surface area contributed by atoms with Gasteiger partial charge in [0.1, 0.15) is 0 Å². The Kier molecular flexibility index (Phi) is 3.15. The minimum Gasteiger partial charge on any atom is -0.306 e. The van der Waals surface area contributed by atoms with E-state index >= 15 is 0 Å². The summed E-state index contributed by atoms with van der Waals surface area (Å²) in [6.45, 7) is 6.66. The van der Waals surface area contributed by atoms with Gasteiger partial charge in [-0.15, -0.1) is 0 Å². The first-order valence-electron chi connectivity index (χ1n) is 5.21. The zero-order valence-corrected chi connectivity index (χ0v) is 10.6. The van der Waals surface area contributed by atoms with Crippen molar-refractivity contribution in [1.29, 1.82) is 0 Å². The Balaban J connectivity index is 1.89. The number of alkyl halides is 1. The van der Waals surface area contributed by atoms with Gasteiger partial charge in [-0.2, -0.15) is 0 Å². The van der Waals surface area contributed by atoms with Crippen LogP contribution in [-0.2, 0) is 0 Å². The Morgan fingerprint density at radius 3 is 2.62 bits per heavy atom. The van der Waals surface area contributed by atoms with Crippen LogP contribution in [0.5, 0.6) is 0 Å². The van der Waals surface area contributed by atoms with Crippen molar-refractivity contribution in [2.24, 2.45) is 5.41 Å². The molecular formula is C10H19IN2. The highest BCUT2D eigenvalue weighted by Gasteiger charge is 2.41. The minimum absolute atomic E-state index is 0.681. The Morgan fingerprint density at radius 1 is 1.23 bits per heavy atom. The molecule has 0 bridgehead atoms. The fourth-order valence-corrected chi connectivity index (χ4v) is 3.51. The Morgan fingerprint density at radius 2 is 2.00 bits per heavy atom. The maximum absolute atomic E-state index is 2.64. The second-order valence-corrected chi connectivity index (χ2v) is 5.78. The highest BCUT2D eigenvalue weighted by atomic mass is 127. The van der Waals surface area contributed by atoms with Crippen LogP contribution in [0.15, 0.2) is 0 Å². The maximum Gasteiger partial charge on any atom is 0.0123 e. The number of hydrogen-bond acceptors (Lipinski definition) is 2. The fraction of sp³-hybridized carbons (Fsp3) is 1.00. The van der Waals surface area contributed by atoms with Gasteiger partial charge in [-0.05, 0) is 38.4 Å². The molecule has 0 saturated carbocycles. The van der Waals surface area contributed by atoms with Crippen LogP contribution in [0.2, 0.25) is 0 Å². The van der Waals surface area contributed by atoms with Crippen molar-refractivity contribution < 1.29 is 0 Å². The first-order chi connectivity index (χ1) is 6.24. The largest absolute Gasteiger partial charge is 0.306 e. The summed E-state index contributed by atoms with van der Waals surface area (Å²) in [5, 5.41) is 0. The molecule has 0 N–H and O–H groups in total. The molecule has 2 saturated heterocycles. The molecule has 0 aromatic heterocycles. The van der Waals surface area contributed by atoms with E-state index in [2.05, 4.69) is 39.4 Å². The van der Waals surface area contributed by atoms with E-state index in [1.807, 2.05) is 0 Å². The maximum atomic E-state index is 2.64. The first kappa shape index (κ1) is 10.2. The highest BCUT2D eigenvalue weighted by molar-refractivity contribution is 14.1. The van der Waals surface area contributed by atoms with E-state index in [1.165, 1.54) is 50.0 Å². The van der Waals surface area contributed by atoms with Crippen molar-refractivity contribution in [3.05, 3.63) is 0 Å². The lowest BCUT2D eigenvalue weighted by Gasteiger charge is -2.23. The summed E-state index contributed by atoms with van der Waals surface area (Å²) in [6, 6.07) is 0. The van der Waals surface area contributed by atoms with Gasteiger partial charge in [-0.3, -0.25) is 0 Å². The van der Waals surface area contributed by atoms with Crippen molar-refractivity contribution in [1.82, 2.24) is 9.80 Å². The van der Waals surface area contributed by atoms with Gasteiger partial charge in [-0.25, -0.2) is 0 Å². The topological polar surface area (TPSA) is 6.48 Å². The molecule has 0 radical (unpaired) electrons. The van der Waals surface area contributed by atoms with Gasteiger partial charge in [0.2, 0.25) is 0 Å². The summed E-state index contributed by atoms with van der Waals surface area (Å²) in [5.41, 5.74) is 0.681. The first-order valence-corrected chi connectivity index (χ1v) is 6.74. The van der Waals surface area contributed by atoms with Crippen molar-refractivity contribution in [3.8, 4) is 0 Å². The molecule has 2 aliphatic rings. The van der Waals surface area contributed by atoms with Crippen LogP contribution < -0.4 is 0 Å². The molecule has 2 heterocycles. The summed E-state index contributed by atoms with van der Waals surface area (Å²) in [5.74, 6) is 0. The molecule has 13 heavy (non-hydrogen) atoms. The molecule has 1 unspecified atom stereocenters. The molecule has 1 atom stereocenters. The summed E-state index contributed by atoms with van der Waals surface area (Å²) < 4.78 is 1.28. The van der Waals surface area contributed by atoms with Crippen LogP contribution in [-0.4, -0.2) is 54.0 Å². The van der Waals surface area contributed by atoms with Gasteiger partial charge in [0.25, 0.3) is 0 Å². The molecule has 0 amide bonds. The highest BCUT2D eigenvalue weighted by Crippen LogP contribution is 2.38. The van der Waals surface area contributed by atoms with Crippen molar-refractivity contribution in [2.75, 3.05) is 44.2 Å². The molecule has 2 rings (SSSR count). The summed E-state index contributed by atoms with van der Waals surface area (Å²) in [7, 11) is 2.26. The van der Waals surface area contributed by atoms with Crippen molar-refractivity contribution in [2.45, 2.75) is 12.8 Å². The van der Waals surface area contributed by atoms with Gasteiger partial charge in [-0.1, -0.05) is 22.6 Å². The standard InChI is InChI=1S/C10H19IN2/c1-12-5-2-10(8-12)3-6-13(9-10)7-4-11/h2-9H2,1H3. The fourth-order valence-electron chi connectivity index (χ4n) is 2.83. The van der Waals surface area contributed by atoms with Crippen LogP contribution >= 0.6 is 22.6 Å². The lowest BCUT2D eigenvalue weighted by molar-refractivity contribution is 0.263. The van der Waals surface area contributed by atoms with Gasteiger partial charge in [0.05, 0.1) is 0 Å². The Labute approximate surface area is 94.8 Å². The number of likely N-dealkylation sites (tertiary alicyclic amines) is 2. The molecule has 2 nitrogen and oxygen atoms in total. The van der Waals surface area contributed by atoms with E-state index in [0.717, 1.165) is 0 Å². The van der Waals surface area contributed by atoms with Gasteiger partial charge < -0.3 is 9.80 Å². The van der Waals surface area contributed by atoms with Gasteiger partial charge >= 0.3 is 0 Å². The van der Waals surface area contributed by atoms with E-state index in [0.29, 0.717) is 5.41 Å². The van der Waals surface area contributed by atoms with E-state index in [4.69, 9.17) is 0 Å². The third-order valence-corrected chi connectivity index (χ3v) is 4.03. The SMILES string of the molecule is CN1CCC2(CCN(CCI)C2)C1. The molecule has 2 fully saturated rings. The van der Waals surface area contributed by atoms with Crippen LogP contribution in [0.3, 0.4) is 0 Å². The van der Waals surface area contributed by atoms with Crippen molar-refractivity contribution >= 4 is 22.6 Å². The Hall–Kier alpha value is 0.650. The molecule has 76 valence electrons. The molecule has 0 aromatic rings. The molecule has 2 aliphatic heterocycles. The normalized spacial score (nSPS) is 36.5. The third kappa shape index (κ3) is 2.18. The zero-order chi connectivity index (χ0) is 9.31. The predicted molar refractivity (Wildman–Crippen MR) is 64.5 cm³/mol. The number of halogens is 1. The van der Waals surface area contributed by atoms with E-state index in [9.17, 15) is 0 Å². The lowest BCUT2D eigenvalue weighted by Crippen LogP contribution is -2.30. The average molecular weight is 294 g/mol. The quantitative estimate of drug-likeness (QED) is 0.562. The Bertz CT molecular complexity index is 186. The molecule has 1 spiro atoms. The van der Waals surface area contributed by atoms with Crippen LogP contribution in [0.25, 0.3) is 0 Å². The van der Waals surface area contributed by atoms with Gasteiger partial charge in [0.15, 0.2) is 0 Å². The second-order valence-electron chi connectivity index (χ2n) is 4.70. The summed E-state index contributed by atoms with van der Waals surface area (Å²) >= 11 is 2.48. The lowest BCUT2D eigenvalue weighted by atomic mass is 9.86. The minimum atomic E-state index is 0.681. The zero-order valence-electron chi connectivity index (χ0n) is 8.43. The number of rotatable bonds is 2. The monoisotopic (exact) mass is 294 g/mol. The van der Waals surface area contributed by atoms with E-state index < -0.39 is 0 Å².